The summed E-state index contributed by atoms with van der Waals surface area (Å²) in [4.78, 5) is 13.5. The third-order valence-electron chi connectivity index (χ3n) is 21.0. The standard InChI is InChI=1S/C85H155NO18/c1-3-5-7-9-11-13-15-17-19-21-23-25-26-27-28-29-30-31-32-33-34-35-36-37-38-39-40-41-42-43-45-47-49-51-53-55-57-59-61-63-73(91)86-68(69(90)62-60-58-56-54-52-50-48-46-44-24-22-20-18-16-14-12-10-8-6-4-2)67-99-83-79(97)76(94)81(71(65-88)101-83)104-85-80(98)77(95)82(72(66-89)102-85)103-84-78(96)75(93)74(92)70(64-87)100-84/h15,17,21,23,26-27,52,54,60,62,68-72,74-85,87-90,92-98H,3-14,16,18-20,22,24-25,28-51,53,55-59,61,63-67H2,1-2H3,(H,86,91)/b17-15-,23-21-,27-26-,54-52+,62-60+. The molecule has 19 nitrogen and oxygen atoms in total. The SMILES string of the molecule is CCCCCCC/C=C\C/C=C\C/C=C\CCCCCCCCCCCCCCCCCCCCCCCCCCC(=O)NC(COC1OC(CO)C(OC2OC(CO)C(OC3OC(CO)C(O)C(O)C3O)C(O)C2O)C(O)C1O)C(O)/C=C/CC/C=C/CCCCCCCCCCCCCCCC. The average Bonchev–Trinajstić information content (AvgIpc) is 0.783. The second-order valence-electron chi connectivity index (χ2n) is 30.3. The van der Waals surface area contributed by atoms with Crippen LogP contribution in [0.25, 0.3) is 0 Å². The number of hydrogen-bond donors (Lipinski definition) is 12. The number of rotatable bonds is 68. The number of carbonyl (C=O) groups excluding carboxylic acids is 1. The van der Waals surface area contributed by atoms with E-state index in [1.165, 1.54) is 257 Å². The molecule has 3 aliphatic heterocycles. The van der Waals surface area contributed by atoms with Crippen LogP contribution in [0.4, 0.5) is 0 Å². The zero-order valence-corrected chi connectivity index (χ0v) is 65.3. The van der Waals surface area contributed by atoms with E-state index < -0.39 is 124 Å². The van der Waals surface area contributed by atoms with Gasteiger partial charge in [0.25, 0.3) is 0 Å². The van der Waals surface area contributed by atoms with Gasteiger partial charge in [-0.2, -0.15) is 0 Å². The number of aliphatic hydroxyl groups is 11. The number of carbonyl (C=O) groups is 1. The second-order valence-corrected chi connectivity index (χ2v) is 30.3. The van der Waals surface area contributed by atoms with Crippen molar-refractivity contribution in [2.75, 3.05) is 26.4 Å². The highest BCUT2D eigenvalue weighted by atomic mass is 16.8. The van der Waals surface area contributed by atoms with E-state index in [0.717, 1.165) is 51.4 Å². The molecule has 3 heterocycles. The summed E-state index contributed by atoms with van der Waals surface area (Å²) in [6.45, 7) is 1.74. The first kappa shape index (κ1) is 95.7. The first-order chi connectivity index (χ1) is 50.8. The van der Waals surface area contributed by atoms with Crippen molar-refractivity contribution in [3.8, 4) is 0 Å². The molecule has 3 rings (SSSR count). The molecule has 17 unspecified atom stereocenters. The molecule has 608 valence electrons. The lowest BCUT2D eigenvalue weighted by Gasteiger charge is -2.48. The van der Waals surface area contributed by atoms with Gasteiger partial charge in [0.15, 0.2) is 18.9 Å². The van der Waals surface area contributed by atoms with E-state index in [1.54, 1.807) is 6.08 Å². The Labute approximate surface area is 630 Å². The predicted molar refractivity (Wildman–Crippen MR) is 415 cm³/mol. The van der Waals surface area contributed by atoms with E-state index >= 15 is 0 Å². The average molecular weight is 1480 g/mol. The fourth-order valence-electron chi connectivity index (χ4n) is 14.2. The molecule has 0 aromatic carbocycles. The Morgan fingerprint density at radius 2 is 0.644 bits per heavy atom. The Morgan fingerprint density at radius 3 is 1.03 bits per heavy atom. The Hall–Kier alpha value is -2.51. The van der Waals surface area contributed by atoms with Crippen molar-refractivity contribution in [1.82, 2.24) is 5.32 Å². The fraction of sp³-hybridized carbons (Fsp3) is 0.871. The minimum Gasteiger partial charge on any atom is -0.394 e. The molecule has 12 N–H and O–H groups in total. The van der Waals surface area contributed by atoms with Gasteiger partial charge in [-0.1, -0.05) is 325 Å². The van der Waals surface area contributed by atoms with E-state index in [1.807, 2.05) is 6.08 Å². The summed E-state index contributed by atoms with van der Waals surface area (Å²) in [6.07, 6.45) is 58.0. The van der Waals surface area contributed by atoms with Crippen molar-refractivity contribution >= 4 is 5.91 Å². The summed E-state index contributed by atoms with van der Waals surface area (Å²) < 4.78 is 34.4. The first-order valence-electron chi connectivity index (χ1n) is 42.5. The number of amides is 1. The molecular formula is C85H155NO18. The number of ether oxygens (including phenoxy) is 6. The maximum absolute atomic E-state index is 13.5. The highest BCUT2D eigenvalue weighted by molar-refractivity contribution is 5.76. The molecule has 17 atom stereocenters. The van der Waals surface area contributed by atoms with Crippen molar-refractivity contribution in [1.29, 1.82) is 0 Å². The Kier molecular flexibility index (Phi) is 60.0. The van der Waals surface area contributed by atoms with Gasteiger partial charge in [0.05, 0.1) is 38.6 Å². The van der Waals surface area contributed by atoms with Gasteiger partial charge >= 0.3 is 0 Å². The number of aliphatic hydroxyl groups excluding tert-OH is 11. The van der Waals surface area contributed by atoms with Crippen LogP contribution < -0.4 is 5.32 Å². The molecule has 0 aromatic rings. The fourth-order valence-corrected chi connectivity index (χ4v) is 14.2. The van der Waals surface area contributed by atoms with Crippen LogP contribution in [0, 0.1) is 0 Å². The molecule has 3 aliphatic rings. The summed E-state index contributed by atoms with van der Waals surface area (Å²) in [5, 5.41) is 121. The largest absolute Gasteiger partial charge is 0.394 e. The molecule has 0 saturated carbocycles. The van der Waals surface area contributed by atoms with Crippen LogP contribution in [0.1, 0.15) is 341 Å². The maximum Gasteiger partial charge on any atom is 0.220 e. The summed E-state index contributed by atoms with van der Waals surface area (Å²) in [6, 6.07) is -0.991. The van der Waals surface area contributed by atoms with Gasteiger partial charge in [0.2, 0.25) is 5.91 Å². The quantitative estimate of drug-likeness (QED) is 0.0199. The normalized spacial score (nSPS) is 26.2. The molecule has 0 radical (unpaired) electrons. The first-order valence-corrected chi connectivity index (χ1v) is 42.5. The van der Waals surface area contributed by atoms with Gasteiger partial charge < -0.3 is 89.9 Å². The molecule has 104 heavy (non-hydrogen) atoms. The van der Waals surface area contributed by atoms with Crippen molar-refractivity contribution in [2.24, 2.45) is 0 Å². The smallest absolute Gasteiger partial charge is 0.220 e. The number of nitrogens with one attached hydrogen (secondary N) is 1. The van der Waals surface area contributed by atoms with Crippen molar-refractivity contribution in [3.05, 3.63) is 60.8 Å². The Balaban J connectivity index is 1.31. The molecule has 3 fully saturated rings. The van der Waals surface area contributed by atoms with Gasteiger partial charge in [0, 0.05) is 6.42 Å². The lowest BCUT2D eigenvalue weighted by molar-refractivity contribution is -0.379. The molecule has 3 saturated heterocycles. The van der Waals surface area contributed by atoms with Crippen LogP contribution >= 0.6 is 0 Å². The molecule has 0 aliphatic carbocycles. The summed E-state index contributed by atoms with van der Waals surface area (Å²) in [5.41, 5.74) is 0. The van der Waals surface area contributed by atoms with Crippen LogP contribution in [0.15, 0.2) is 60.8 Å². The van der Waals surface area contributed by atoms with Gasteiger partial charge in [0.1, 0.15) is 73.2 Å². The monoisotopic (exact) mass is 1480 g/mol. The Morgan fingerprint density at radius 1 is 0.346 bits per heavy atom. The van der Waals surface area contributed by atoms with Crippen molar-refractivity contribution in [3.63, 3.8) is 0 Å². The predicted octanol–water partition coefficient (Wildman–Crippen LogP) is 15.0. The van der Waals surface area contributed by atoms with E-state index in [2.05, 4.69) is 67.8 Å². The zero-order chi connectivity index (χ0) is 75.3. The van der Waals surface area contributed by atoms with E-state index in [0.29, 0.717) is 12.8 Å². The third kappa shape index (κ3) is 44.4. The summed E-state index contributed by atoms with van der Waals surface area (Å²) in [5.74, 6) is -0.280. The van der Waals surface area contributed by atoms with Crippen molar-refractivity contribution in [2.45, 2.75) is 446 Å². The van der Waals surface area contributed by atoms with Gasteiger partial charge in [-0.25, -0.2) is 0 Å². The lowest BCUT2D eigenvalue weighted by Crippen LogP contribution is -2.66. The topological polar surface area (TPSA) is 307 Å². The zero-order valence-electron chi connectivity index (χ0n) is 65.3. The second kappa shape index (κ2) is 65.2. The van der Waals surface area contributed by atoms with Crippen LogP contribution in [-0.4, -0.2) is 193 Å². The van der Waals surface area contributed by atoms with E-state index in [4.69, 9.17) is 28.4 Å². The molecule has 1 amide bonds. The molecular weight excluding hydrogens is 1320 g/mol. The Bertz CT molecular complexity index is 2110. The highest BCUT2D eigenvalue weighted by Gasteiger charge is 2.54. The van der Waals surface area contributed by atoms with Crippen LogP contribution in [0.5, 0.6) is 0 Å². The van der Waals surface area contributed by atoms with Crippen LogP contribution in [0.2, 0.25) is 0 Å². The van der Waals surface area contributed by atoms with Crippen molar-refractivity contribution < 1.29 is 89.4 Å². The molecule has 19 heteroatoms. The van der Waals surface area contributed by atoms with Crippen LogP contribution in [0.3, 0.4) is 0 Å². The van der Waals surface area contributed by atoms with Gasteiger partial charge in [-0.05, 0) is 70.6 Å². The van der Waals surface area contributed by atoms with E-state index in [9.17, 15) is 61.0 Å². The molecule has 0 spiro atoms. The highest BCUT2D eigenvalue weighted by Crippen LogP contribution is 2.33. The third-order valence-corrected chi connectivity index (χ3v) is 21.0. The number of hydrogen-bond acceptors (Lipinski definition) is 18. The van der Waals surface area contributed by atoms with Gasteiger partial charge in [-0.3, -0.25) is 4.79 Å². The van der Waals surface area contributed by atoms with Crippen LogP contribution in [-0.2, 0) is 33.2 Å². The minimum absolute atomic E-state index is 0.238. The molecule has 0 aromatic heterocycles. The van der Waals surface area contributed by atoms with Gasteiger partial charge in [-0.15, -0.1) is 0 Å². The van der Waals surface area contributed by atoms with E-state index in [-0.39, 0.29) is 18.9 Å². The lowest BCUT2D eigenvalue weighted by atomic mass is 9.96. The maximum atomic E-state index is 13.5. The number of allylic oxidation sites excluding steroid dienone is 9. The number of unbranched alkanes of at least 4 members (excludes halogenated alkanes) is 44. The molecule has 0 bridgehead atoms. The summed E-state index contributed by atoms with van der Waals surface area (Å²) in [7, 11) is 0. The minimum atomic E-state index is -1.98. The summed E-state index contributed by atoms with van der Waals surface area (Å²) >= 11 is 0.